The second-order valence-corrected chi connectivity index (χ2v) is 3.63. The number of likely N-dealkylation sites (tertiary alicyclic amines) is 1. The third-order valence-corrected chi connectivity index (χ3v) is 2.48. The standard InChI is InChI=1S/C10H14N2O2/c11-8-3-1-5-12(7-8)10(13)9-4-2-6-14-9/h2,4,6,8H,1,3,5,7,11H2/t8-/m1/s1. The quantitative estimate of drug-likeness (QED) is 0.720. The van der Waals surface area contributed by atoms with Crippen LogP contribution >= 0.6 is 0 Å². The monoisotopic (exact) mass is 194 g/mol. The lowest BCUT2D eigenvalue weighted by Crippen LogP contribution is -2.45. The molecule has 1 aliphatic rings. The molecule has 2 N–H and O–H groups in total. The molecule has 1 atom stereocenters. The van der Waals surface area contributed by atoms with Gasteiger partial charge in [-0.15, -0.1) is 0 Å². The van der Waals surface area contributed by atoms with Gasteiger partial charge in [0, 0.05) is 19.1 Å². The third-order valence-electron chi connectivity index (χ3n) is 2.48. The Hall–Kier alpha value is -1.29. The highest BCUT2D eigenvalue weighted by Crippen LogP contribution is 2.12. The van der Waals surface area contributed by atoms with Gasteiger partial charge in [-0.2, -0.15) is 0 Å². The topological polar surface area (TPSA) is 59.5 Å². The summed E-state index contributed by atoms with van der Waals surface area (Å²) in [5, 5.41) is 0. The molecule has 0 aliphatic carbocycles. The van der Waals surface area contributed by atoms with E-state index in [0.29, 0.717) is 12.3 Å². The van der Waals surface area contributed by atoms with Crippen molar-refractivity contribution in [2.24, 2.45) is 5.73 Å². The average molecular weight is 194 g/mol. The minimum Gasteiger partial charge on any atom is -0.459 e. The van der Waals surface area contributed by atoms with E-state index in [2.05, 4.69) is 0 Å². The molecule has 4 nitrogen and oxygen atoms in total. The molecule has 0 unspecified atom stereocenters. The van der Waals surface area contributed by atoms with E-state index in [-0.39, 0.29) is 11.9 Å². The van der Waals surface area contributed by atoms with Crippen molar-refractivity contribution in [2.75, 3.05) is 13.1 Å². The number of nitrogens with two attached hydrogens (primary N) is 1. The number of piperidine rings is 1. The van der Waals surface area contributed by atoms with E-state index in [9.17, 15) is 4.79 Å². The number of amides is 1. The molecule has 2 rings (SSSR count). The second-order valence-electron chi connectivity index (χ2n) is 3.63. The van der Waals surface area contributed by atoms with Crippen LogP contribution in [-0.2, 0) is 0 Å². The summed E-state index contributed by atoms with van der Waals surface area (Å²) in [6, 6.07) is 3.52. The maximum absolute atomic E-state index is 11.8. The number of carbonyl (C=O) groups is 1. The second kappa shape index (κ2) is 3.84. The maximum atomic E-state index is 11.8. The van der Waals surface area contributed by atoms with Crippen molar-refractivity contribution in [2.45, 2.75) is 18.9 Å². The van der Waals surface area contributed by atoms with Crippen LogP contribution in [0.15, 0.2) is 22.8 Å². The molecule has 1 amide bonds. The fourth-order valence-corrected chi connectivity index (χ4v) is 1.75. The van der Waals surface area contributed by atoms with Gasteiger partial charge in [-0.25, -0.2) is 0 Å². The first kappa shape index (κ1) is 9.27. The third kappa shape index (κ3) is 1.80. The Morgan fingerprint density at radius 3 is 3.14 bits per heavy atom. The van der Waals surface area contributed by atoms with E-state index in [4.69, 9.17) is 10.2 Å². The Labute approximate surface area is 82.7 Å². The van der Waals surface area contributed by atoms with Gasteiger partial charge in [-0.1, -0.05) is 0 Å². The van der Waals surface area contributed by atoms with Crippen molar-refractivity contribution in [3.63, 3.8) is 0 Å². The summed E-state index contributed by atoms with van der Waals surface area (Å²) in [5.74, 6) is 0.351. The van der Waals surface area contributed by atoms with E-state index in [1.54, 1.807) is 17.0 Å². The molecule has 1 aromatic rings. The van der Waals surface area contributed by atoms with Crippen LogP contribution in [0.25, 0.3) is 0 Å². The van der Waals surface area contributed by atoms with Crippen LogP contribution < -0.4 is 5.73 Å². The fourth-order valence-electron chi connectivity index (χ4n) is 1.75. The predicted molar refractivity (Wildman–Crippen MR) is 51.8 cm³/mol. The molecule has 0 spiro atoms. The molecule has 1 saturated heterocycles. The molecule has 1 aromatic heterocycles. The van der Waals surface area contributed by atoms with Gasteiger partial charge in [-0.05, 0) is 25.0 Å². The number of furan rings is 1. The van der Waals surface area contributed by atoms with Gasteiger partial charge in [0.1, 0.15) is 0 Å². The van der Waals surface area contributed by atoms with Crippen molar-refractivity contribution in [3.8, 4) is 0 Å². The first-order valence-corrected chi connectivity index (χ1v) is 4.86. The molecule has 14 heavy (non-hydrogen) atoms. The molecule has 0 radical (unpaired) electrons. The van der Waals surface area contributed by atoms with Crippen molar-refractivity contribution in [1.82, 2.24) is 4.90 Å². The number of hydrogen-bond acceptors (Lipinski definition) is 3. The summed E-state index contributed by atoms with van der Waals surface area (Å²) in [6.45, 7) is 1.42. The van der Waals surface area contributed by atoms with E-state index < -0.39 is 0 Å². The average Bonchev–Trinajstić information content (AvgIpc) is 2.69. The van der Waals surface area contributed by atoms with Crippen molar-refractivity contribution >= 4 is 5.91 Å². The largest absolute Gasteiger partial charge is 0.459 e. The first-order chi connectivity index (χ1) is 6.77. The Morgan fingerprint density at radius 2 is 2.50 bits per heavy atom. The molecule has 0 saturated carbocycles. The number of rotatable bonds is 1. The van der Waals surface area contributed by atoms with Gasteiger partial charge >= 0.3 is 0 Å². The van der Waals surface area contributed by atoms with Crippen molar-refractivity contribution in [1.29, 1.82) is 0 Å². The lowest BCUT2D eigenvalue weighted by atomic mass is 10.1. The van der Waals surface area contributed by atoms with Crippen LogP contribution in [0.3, 0.4) is 0 Å². The predicted octanol–water partition coefficient (Wildman–Crippen LogP) is 0.843. The van der Waals surface area contributed by atoms with E-state index in [1.807, 2.05) is 0 Å². The summed E-state index contributed by atoms with van der Waals surface area (Å²) >= 11 is 0. The number of nitrogens with zero attached hydrogens (tertiary/aromatic N) is 1. The smallest absolute Gasteiger partial charge is 0.289 e. The maximum Gasteiger partial charge on any atom is 0.289 e. The first-order valence-electron chi connectivity index (χ1n) is 4.86. The summed E-state index contributed by atoms with van der Waals surface area (Å²) in [4.78, 5) is 13.5. The van der Waals surface area contributed by atoms with Crippen LogP contribution in [0.5, 0.6) is 0 Å². The van der Waals surface area contributed by atoms with Gasteiger partial charge in [0.15, 0.2) is 5.76 Å². The van der Waals surface area contributed by atoms with Crippen molar-refractivity contribution in [3.05, 3.63) is 24.2 Å². The molecule has 2 heterocycles. The van der Waals surface area contributed by atoms with Gasteiger partial charge < -0.3 is 15.1 Å². The zero-order valence-electron chi connectivity index (χ0n) is 7.98. The van der Waals surface area contributed by atoms with Gasteiger partial charge in [0.2, 0.25) is 0 Å². The Morgan fingerprint density at radius 1 is 1.64 bits per heavy atom. The Balaban J connectivity index is 2.04. The SMILES string of the molecule is N[C@@H]1CCCN(C(=O)c2ccco2)C1. The van der Waals surface area contributed by atoms with Crippen LogP contribution in [0.1, 0.15) is 23.4 Å². The minimum absolute atomic E-state index is 0.0508. The highest BCUT2D eigenvalue weighted by molar-refractivity contribution is 5.91. The zero-order chi connectivity index (χ0) is 9.97. The molecular weight excluding hydrogens is 180 g/mol. The van der Waals surface area contributed by atoms with Crippen LogP contribution in [0.2, 0.25) is 0 Å². The van der Waals surface area contributed by atoms with Crippen LogP contribution in [0.4, 0.5) is 0 Å². The minimum atomic E-state index is -0.0508. The summed E-state index contributed by atoms with van der Waals surface area (Å²) in [7, 11) is 0. The molecule has 76 valence electrons. The molecular formula is C10H14N2O2. The molecule has 1 aliphatic heterocycles. The van der Waals surface area contributed by atoms with Gasteiger partial charge in [-0.3, -0.25) is 4.79 Å². The number of hydrogen-bond donors (Lipinski definition) is 1. The fraction of sp³-hybridized carbons (Fsp3) is 0.500. The van der Waals surface area contributed by atoms with E-state index in [1.165, 1.54) is 6.26 Å². The van der Waals surface area contributed by atoms with Crippen LogP contribution in [0, 0.1) is 0 Å². The molecule has 4 heteroatoms. The molecule has 1 fully saturated rings. The molecule has 0 bridgehead atoms. The lowest BCUT2D eigenvalue weighted by Gasteiger charge is -2.29. The van der Waals surface area contributed by atoms with Gasteiger partial charge in [0.05, 0.1) is 6.26 Å². The van der Waals surface area contributed by atoms with E-state index in [0.717, 1.165) is 19.4 Å². The van der Waals surface area contributed by atoms with Gasteiger partial charge in [0.25, 0.3) is 5.91 Å². The Kier molecular flexibility index (Phi) is 2.54. The Bertz CT molecular complexity index is 308. The zero-order valence-corrected chi connectivity index (χ0v) is 7.98. The normalized spacial score (nSPS) is 22.4. The van der Waals surface area contributed by atoms with E-state index >= 15 is 0 Å². The van der Waals surface area contributed by atoms with Crippen LogP contribution in [-0.4, -0.2) is 29.9 Å². The number of carbonyl (C=O) groups excluding carboxylic acids is 1. The highest BCUT2D eigenvalue weighted by Gasteiger charge is 2.23. The summed E-state index contributed by atoms with van der Waals surface area (Å²) < 4.78 is 5.05. The lowest BCUT2D eigenvalue weighted by molar-refractivity contribution is 0.0676. The molecule has 0 aromatic carbocycles. The summed E-state index contributed by atoms with van der Waals surface area (Å²) in [5.41, 5.74) is 5.79. The highest BCUT2D eigenvalue weighted by atomic mass is 16.3. The van der Waals surface area contributed by atoms with Crippen molar-refractivity contribution < 1.29 is 9.21 Å². The summed E-state index contributed by atoms with van der Waals surface area (Å²) in [6.07, 6.45) is 3.49.